The van der Waals surface area contributed by atoms with Crippen molar-refractivity contribution in [1.29, 1.82) is 5.26 Å². The Morgan fingerprint density at radius 1 is 1.44 bits per heavy atom. The number of anilines is 1. The Morgan fingerprint density at radius 2 is 2.28 bits per heavy atom. The largest absolute Gasteiger partial charge is 0.465 e. The summed E-state index contributed by atoms with van der Waals surface area (Å²) in [5, 5.41) is 21.7. The van der Waals surface area contributed by atoms with Gasteiger partial charge in [0.25, 0.3) is 0 Å². The molecule has 1 aliphatic heterocycles. The van der Waals surface area contributed by atoms with Crippen LogP contribution in [-0.2, 0) is 17.8 Å². The molecule has 1 aliphatic rings. The fraction of sp³-hybridized carbons (Fsp3) is 0.176. The molecule has 2 N–H and O–H groups in total. The van der Waals surface area contributed by atoms with E-state index in [0.717, 1.165) is 10.4 Å². The van der Waals surface area contributed by atoms with E-state index in [1.54, 1.807) is 24.4 Å². The van der Waals surface area contributed by atoms with Crippen LogP contribution in [0.25, 0.3) is 6.08 Å². The molecule has 2 aromatic rings. The maximum atomic E-state index is 12.1. The number of hydrogen-bond acceptors (Lipinski definition) is 5. The first-order valence-electron chi connectivity index (χ1n) is 7.51. The van der Waals surface area contributed by atoms with Crippen molar-refractivity contribution in [2.45, 2.75) is 13.0 Å². The number of fused-ring (bicyclic) bond motifs is 1. The van der Waals surface area contributed by atoms with Crippen LogP contribution in [0.3, 0.4) is 0 Å². The molecule has 0 fully saturated rings. The van der Waals surface area contributed by atoms with Crippen LogP contribution in [0.5, 0.6) is 0 Å². The van der Waals surface area contributed by atoms with Gasteiger partial charge >= 0.3 is 6.09 Å². The summed E-state index contributed by atoms with van der Waals surface area (Å²) in [6.45, 7) is 0.588. The zero-order valence-corrected chi connectivity index (χ0v) is 13.9. The zero-order chi connectivity index (χ0) is 17.8. The maximum absolute atomic E-state index is 12.1. The number of nitrogens with one attached hydrogen (secondary N) is 1. The molecule has 0 aromatic carbocycles. The Kier molecular flexibility index (Phi) is 4.77. The fourth-order valence-corrected chi connectivity index (χ4v) is 3.78. The summed E-state index contributed by atoms with van der Waals surface area (Å²) in [5.41, 5.74) is 1.90. The Morgan fingerprint density at radius 3 is 2.96 bits per heavy atom. The minimum atomic E-state index is -0.985. The number of nitriles is 1. The number of nitrogens with zero attached hydrogens (tertiary/aromatic N) is 3. The van der Waals surface area contributed by atoms with Crippen LogP contribution in [0, 0.1) is 11.3 Å². The lowest BCUT2D eigenvalue weighted by Gasteiger charge is -2.23. The van der Waals surface area contributed by atoms with Gasteiger partial charge in [-0.1, -0.05) is 6.07 Å². The molecule has 3 rings (SSSR count). The number of hydrogen-bond donors (Lipinski definition) is 2. The predicted molar refractivity (Wildman–Crippen MR) is 93.1 cm³/mol. The van der Waals surface area contributed by atoms with Crippen molar-refractivity contribution in [2.24, 2.45) is 0 Å². The first-order valence-corrected chi connectivity index (χ1v) is 8.32. The summed E-state index contributed by atoms with van der Waals surface area (Å²) in [4.78, 5) is 29.4. The molecule has 0 bridgehead atoms. The average molecular weight is 354 g/mol. The van der Waals surface area contributed by atoms with Gasteiger partial charge in [-0.2, -0.15) is 5.26 Å². The van der Waals surface area contributed by atoms with Gasteiger partial charge in [0.1, 0.15) is 11.1 Å². The highest BCUT2D eigenvalue weighted by Crippen LogP contribution is 2.36. The first-order chi connectivity index (χ1) is 12.1. The summed E-state index contributed by atoms with van der Waals surface area (Å²) in [6, 6.07) is 7.50. The molecule has 126 valence electrons. The van der Waals surface area contributed by atoms with E-state index in [4.69, 9.17) is 5.11 Å². The monoisotopic (exact) mass is 354 g/mol. The van der Waals surface area contributed by atoms with Crippen molar-refractivity contribution >= 4 is 34.4 Å². The molecule has 2 amide bonds. The smallest absolute Gasteiger partial charge is 0.407 e. The summed E-state index contributed by atoms with van der Waals surface area (Å²) >= 11 is 1.25. The molecule has 0 atom stereocenters. The second-order valence-electron chi connectivity index (χ2n) is 5.35. The summed E-state index contributed by atoms with van der Waals surface area (Å²) in [5.74, 6) is -0.365. The molecule has 3 heterocycles. The molecule has 0 saturated heterocycles. The summed E-state index contributed by atoms with van der Waals surface area (Å²) < 4.78 is 0. The third-order valence-electron chi connectivity index (χ3n) is 3.77. The lowest BCUT2D eigenvalue weighted by atomic mass is 10.0. The van der Waals surface area contributed by atoms with Crippen LogP contribution in [0.15, 0.2) is 30.5 Å². The van der Waals surface area contributed by atoms with E-state index in [-0.39, 0.29) is 12.5 Å². The van der Waals surface area contributed by atoms with Crippen LogP contribution < -0.4 is 5.32 Å². The van der Waals surface area contributed by atoms with E-state index in [9.17, 15) is 14.9 Å². The van der Waals surface area contributed by atoms with E-state index in [1.807, 2.05) is 6.07 Å². The van der Waals surface area contributed by atoms with Crippen LogP contribution in [0.2, 0.25) is 0 Å². The number of rotatable bonds is 3. The molecule has 7 nitrogen and oxygen atoms in total. The molecule has 25 heavy (non-hydrogen) atoms. The Labute approximate surface area is 147 Å². The standard InChI is InChI=1S/C17H14N4O3S/c18-9-13-12-6-8-21(17(23)24)10-14(12)25-16(13)20-15(22)5-4-11-3-1-2-7-19-11/h1-5,7H,6,8,10H2,(H,20,22)(H,23,24). The Bertz CT molecular complexity index is 883. The van der Waals surface area contributed by atoms with Crippen molar-refractivity contribution < 1.29 is 14.7 Å². The van der Waals surface area contributed by atoms with Gasteiger partial charge in [-0.15, -0.1) is 11.3 Å². The second kappa shape index (κ2) is 7.15. The van der Waals surface area contributed by atoms with E-state index in [1.165, 1.54) is 22.3 Å². The number of carboxylic acid groups (broad SMARTS) is 1. The van der Waals surface area contributed by atoms with E-state index in [2.05, 4.69) is 16.4 Å². The van der Waals surface area contributed by atoms with Crippen LogP contribution in [-0.4, -0.2) is 33.5 Å². The van der Waals surface area contributed by atoms with Gasteiger partial charge < -0.3 is 15.3 Å². The molecule has 0 saturated carbocycles. The van der Waals surface area contributed by atoms with Crippen molar-refractivity contribution in [2.75, 3.05) is 11.9 Å². The highest BCUT2D eigenvalue weighted by atomic mass is 32.1. The number of pyridine rings is 1. The minimum Gasteiger partial charge on any atom is -0.465 e. The maximum Gasteiger partial charge on any atom is 0.407 e. The molecule has 0 unspecified atom stereocenters. The van der Waals surface area contributed by atoms with E-state index >= 15 is 0 Å². The number of thiophene rings is 1. The van der Waals surface area contributed by atoms with Crippen molar-refractivity contribution in [3.8, 4) is 6.07 Å². The van der Waals surface area contributed by atoms with Gasteiger partial charge in [0.05, 0.1) is 17.8 Å². The summed E-state index contributed by atoms with van der Waals surface area (Å²) in [6.07, 6.45) is 4.06. The third kappa shape index (κ3) is 3.67. The van der Waals surface area contributed by atoms with Crippen molar-refractivity contribution in [3.05, 3.63) is 52.2 Å². The molecular weight excluding hydrogens is 340 g/mol. The second-order valence-corrected chi connectivity index (χ2v) is 6.46. The molecule has 8 heteroatoms. The first kappa shape index (κ1) is 16.7. The topological polar surface area (TPSA) is 106 Å². The number of carbonyl (C=O) groups excluding carboxylic acids is 1. The molecule has 0 aliphatic carbocycles. The number of aromatic nitrogens is 1. The van der Waals surface area contributed by atoms with Crippen LogP contribution in [0.1, 0.15) is 21.7 Å². The van der Waals surface area contributed by atoms with Gasteiger partial charge in [0, 0.05) is 23.7 Å². The molecule has 2 aromatic heterocycles. The zero-order valence-electron chi connectivity index (χ0n) is 13.1. The molecule has 0 radical (unpaired) electrons. The Hall–Kier alpha value is -3.18. The van der Waals surface area contributed by atoms with E-state index < -0.39 is 6.09 Å². The lowest BCUT2D eigenvalue weighted by molar-refractivity contribution is -0.111. The predicted octanol–water partition coefficient (Wildman–Crippen LogP) is 2.70. The average Bonchev–Trinajstić information content (AvgIpc) is 2.96. The fourth-order valence-electron chi connectivity index (χ4n) is 2.56. The SMILES string of the molecule is N#Cc1c(NC(=O)C=Cc2ccccn2)sc2c1CCN(C(=O)O)C2. The van der Waals surface area contributed by atoms with Crippen molar-refractivity contribution in [1.82, 2.24) is 9.88 Å². The molecular formula is C17H14N4O3S. The van der Waals surface area contributed by atoms with Gasteiger partial charge in [0.2, 0.25) is 5.91 Å². The van der Waals surface area contributed by atoms with Crippen LogP contribution >= 0.6 is 11.3 Å². The summed E-state index contributed by atoms with van der Waals surface area (Å²) in [7, 11) is 0. The minimum absolute atomic E-state index is 0.240. The Balaban J connectivity index is 1.77. The quantitative estimate of drug-likeness (QED) is 0.824. The number of amides is 2. The highest BCUT2D eigenvalue weighted by Gasteiger charge is 2.27. The van der Waals surface area contributed by atoms with E-state index in [0.29, 0.717) is 29.2 Å². The van der Waals surface area contributed by atoms with Crippen molar-refractivity contribution in [3.63, 3.8) is 0 Å². The van der Waals surface area contributed by atoms with Gasteiger partial charge in [-0.3, -0.25) is 9.78 Å². The van der Waals surface area contributed by atoms with Crippen LogP contribution in [0.4, 0.5) is 9.80 Å². The van der Waals surface area contributed by atoms with Gasteiger partial charge in [-0.05, 0) is 30.2 Å². The highest BCUT2D eigenvalue weighted by molar-refractivity contribution is 7.16. The number of carbonyl (C=O) groups is 2. The van der Waals surface area contributed by atoms with Gasteiger partial charge in [0.15, 0.2) is 0 Å². The lowest BCUT2D eigenvalue weighted by Crippen LogP contribution is -2.34. The normalized spacial score (nSPS) is 13.3. The third-order valence-corrected chi connectivity index (χ3v) is 4.90. The van der Waals surface area contributed by atoms with Gasteiger partial charge in [-0.25, -0.2) is 4.79 Å². The molecule has 0 spiro atoms.